The van der Waals surface area contributed by atoms with Crippen LogP contribution >= 0.6 is 23.2 Å². The molecular formula is C15H13Cl2NO4S. The van der Waals surface area contributed by atoms with Gasteiger partial charge in [0.2, 0.25) is 0 Å². The summed E-state index contributed by atoms with van der Waals surface area (Å²) >= 11 is 11.9. The molecule has 122 valence electrons. The summed E-state index contributed by atoms with van der Waals surface area (Å²) in [6.45, 7) is -0.232. The Morgan fingerprint density at radius 2 is 1.65 bits per heavy atom. The standard InChI is InChI=1S/C15H13Cl2NO4S/c16-11-5-7-12(8-6-11)23(21,22)18(10-9-15(19)20)14-4-2-1-3-13(14)17/h1-8H,9-10H2,(H,19,20). The zero-order chi connectivity index (χ0) is 17.0. The maximum Gasteiger partial charge on any atom is 0.305 e. The molecule has 0 radical (unpaired) electrons. The molecule has 23 heavy (non-hydrogen) atoms. The minimum absolute atomic E-state index is 0.00667. The van der Waals surface area contributed by atoms with Crippen LogP contribution in [0.25, 0.3) is 0 Å². The van der Waals surface area contributed by atoms with Gasteiger partial charge in [0, 0.05) is 11.6 Å². The van der Waals surface area contributed by atoms with Gasteiger partial charge in [0.25, 0.3) is 10.0 Å². The average molecular weight is 374 g/mol. The lowest BCUT2D eigenvalue weighted by molar-refractivity contribution is -0.136. The molecule has 0 saturated carbocycles. The number of carboxylic acids is 1. The van der Waals surface area contributed by atoms with Gasteiger partial charge in [0.05, 0.1) is 22.0 Å². The van der Waals surface area contributed by atoms with Crippen molar-refractivity contribution in [3.05, 3.63) is 58.6 Å². The van der Waals surface area contributed by atoms with Gasteiger partial charge in [-0.1, -0.05) is 35.3 Å². The number of para-hydroxylation sites is 1. The Balaban J connectivity index is 2.50. The Morgan fingerprint density at radius 1 is 1.04 bits per heavy atom. The Bertz CT molecular complexity index is 806. The van der Waals surface area contributed by atoms with Crippen LogP contribution in [-0.2, 0) is 14.8 Å². The van der Waals surface area contributed by atoms with Crippen molar-refractivity contribution in [2.75, 3.05) is 10.8 Å². The maximum absolute atomic E-state index is 12.8. The normalized spacial score (nSPS) is 11.2. The summed E-state index contributed by atoms with van der Waals surface area (Å²) < 4.78 is 26.7. The van der Waals surface area contributed by atoms with E-state index in [4.69, 9.17) is 28.3 Å². The van der Waals surface area contributed by atoms with Crippen molar-refractivity contribution in [1.82, 2.24) is 0 Å². The molecule has 5 nitrogen and oxygen atoms in total. The molecular weight excluding hydrogens is 361 g/mol. The van der Waals surface area contributed by atoms with E-state index in [0.29, 0.717) is 5.02 Å². The lowest BCUT2D eigenvalue weighted by Crippen LogP contribution is -2.33. The first-order valence-corrected chi connectivity index (χ1v) is 8.76. The summed E-state index contributed by atoms with van der Waals surface area (Å²) in [6.07, 6.45) is -0.349. The van der Waals surface area contributed by atoms with E-state index in [9.17, 15) is 13.2 Å². The molecule has 0 aliphatic rings. The third kappa shape index (κ3) is 4.16. The Kier molecular flexibility index (Phi) is 5.51. The number of nitrogens with zero attached hydrogens (tertiary/aromatic N) is 1. The van der Waals surface area contributed by atoms with Gasteiger partial charge in [-0.15, -0.1) is 0 Å². The van der Waals surface area contributed by atoms with E-state index in [1.54, 1.807) is 18.2 Å². The van der Waals surface area contributed by atoms with E-state index in [-0.39, 0.29) is 28.6 Å². The Hall–Kier alpha value is -1.76. The zero-order valence-electron chi connectivity index (χ0n) is 11.8. The highest BCUT2D eigenvalue weighted by atomic mass is 35.5. The molecule has 2 aromatic rings. The average Bonchev–Trinajstić information content (AvgIpc) is 2.49. The number of sulfonamides is 1. The minimum atomic E-state index is -3.96. The summed E-state index contributed by atoms with van der Waals surface area (Å²) in [5, 5.41) is 9.50. The number of hydrogen-bond acceptors (Lipinski definition) is 3. The number of aliphatic carboxylic acids is 1. The topological polar surface area (TPSA) is 74.7 Å². The van der Waals surface area contributed by atoms with Crippen molar-refractivity contribution >= 4 is 44.9 Å². The first kappa shape index (κ1) is 17.6. The number of carbonyl (C=O) groups is 1. The molecule has 0 fully saturated rings. The second kappa shape index (κ2) is 7.21. The van der Waals surface area contributed by atoms with E-state index in [1.165, 1.54) is 30.3 Å². The molecule has 8 heteroatoms. The largest absolute Gasteiger partial charge is 0.481 e. The molecule has 0 aliphatic carbocycles. The van der Waals surface area contributed by atoms with E-state index < -0.39 is 16.0 Å². The number of rotatable bonds is 6. The molecule has 0 saturated heterocycles. The summed E-state index contributed by atoms with van der Waals surface area (Å²) in [4.78, 5) is 10.9. The van der Waals surface area contributed by atoms with Crippen molar-refractivity contribution in [2.45, 2.75) is 11.3 Å². The van der Waals surface area contributed by atoms with Crippen LogP contribution < -0.4 is 4.31 Å². The first-order valence-electron chi connectivity index (χ1n) is 6.57. The summed E-state index contributed by atoms with van der Waals surface area (Å²) in [5.41, 5.74) is 0.227. The number of carboxylic acid groups (broad SMARTS) is 1. The minimum Gasteiger partial charge on any atom is -0.481 e. The fourth-order valence-corrected chi connectivity index (χ4v) is 3.85. The molecule has 0 amide bonds. The molecule has 0 atom stereocenters. The van der Waals surface area contributed by atoms with Crippen molar-refractivity contribution in [2.24, 2.45) is 0 Å². The fraction of sp³-hybridized carbons (Fsp3) is 0.133. The van der Waals surface area contributed by atoms with Crippen molar-refractivity contribution in [3.63, 3.8) is 0 Å². The van der Waals surface area contributed by atoms with Gasteiger partial charge < -0.3 is 5.11 Å². The van der Waals surface area contributed by atoms with Crippen molar-refractivity contribution < 1.29 is 18.3 Å². The highest BCUT2D eigenvalue weighted by molar-refractivity contribution is 7.92. The lowest BCUT2D eigenvalue weighted by atomic mass is 10.3. The zero-order valence-corrected chi connectivity index (χ0v) is 14.1. The quantitative estimate of drug-likeness (QED) is 0.837. The molecule has 0 bridgehead atoms. The van der Waals surface area contributed by atoms with E-state index >= 15 is 0 Å². The van der Waals surface area contributed by atoms with Gasteiger partial charge in [-0.2, -0.15) is 0 Å². The Morgan fingerprint density at radius 3 is 2.22 bits per heavy atom. The summed E-state index contributed by atoms with van der Waals surface area (Å²) in [7, 11) is -3.96. The van der Waals surface area contributed by atoms with Gasteiger partial charge in [0.1, 0.15) is 0 Å². The number of hydrogen-bond donors (Lipinski definition) is 1. The first-order chi connectivity index (χ1) is 10.8. The number of halogens is 2. The van der Waals surface area contributed by atoms with Gasteiger partial charge in [-0.05, 0) is 36.4 Å². The van der Waals surface area contributed by atoms with Crippen LogP contribution in [0.5, 0.6) is 0 Å². The number of benzene rings is 2. The molecule has 1 N–H and O–H groups in total. The third-order valence-corrected chi connectivity index (χ3v) is 5.45. The maximum atomic E-state index is 12.8. The SMILES string of the molecule is O=C(O)CCN(c1ccccc1Cl)S(=O)(=O)c1ccc(Cl)cc1. The molecule has 0 spiro atoms. The van der Waals surface area contributed by atoms with Gasteiger partial charge in [-0.25, -0.2) is 8.42 Å². The highest BCUT2D eigenvalue weighted by Gasteiger charge is 2.26. The van der Waals surface area contributed by atoms with Gasteiger partial charge >= 0.3 is 5.97 Å². The van der Waals surface area contributed by atoms with E-state index in [2.05, 4.69) is 0 Å². The molecule has 2 rings (SSSR count). The molecule has 0 unspecified atom stereocenters. The van der Waals surface area contributed by atoms with Crippen LogP contribution in [0.2, 0.25) is 10.0 Å². The van der Waals surface area contributed by atoms with Crippen LogP contribution in [0.4, 0.5) is 5.69 Å². The monoisotopic (exact) mass is 373 g/mol. The smallest absolute Gasteiger partial charge is 0.305 e. The lowest BCUT2D eigenvalue weighted by Gasteiger charge is -2.24. The molecule has 0 aromatic heterocycles. The second-order valence-corrected chi connectivity index (χ2v) is 7.33. The van der Waals surface area contributed by atoms with Gasteiger partial charge in [0.15, 0.2) is 0 Å². The Labute approximate surface area is 144 Å². The fourth-order valence-electron chi connectivity index (χ4n) is 1.96. The van der Waals surface area contributed by atoms with Crippen LogP contribution in [0, 0.1) is 0 Å². The molecule has 2 aromatic carbocycles. The predicted octanol–water partition coefficient (Wildman–Crippen LogP) is 3.66. The van der Waals surface area contributed by atoms with E-state index in [1.807, 2.05) is 0 Å². The van der Waals surface area contributed by atoms with Crippen molar-refractivity contribution in [1.29, 1.82) is 0 Å². The third-order valence-electron chi connectivity index (χ3n) is 3.05. The van der Waals surface area contributed by atoms with E-state index in [0.717, 1.165) is 4.31 Å². The highest BCUT2D eigenvalue weighted by Crippen LogP contribution is 2.30. The summed E-state index contributed by atoms with van der Waals surface area (Å²) in [6, 6.07) is 12.0. The predicted molar refractivity (Wildman–Crippen MR) is 89.7 cm³/mol. The summed E-state index contributed by atoms with van der Waals surface area (Å²) in [5.74, 6) is -1.10. The van der Waals surface area contributed by atoms with Crippen molar-refractivity contribution in [3.8, 4) is 0 Å². The number of anilines is 1. The van der Waals surface area contributed by atoms with Crippen LogP contribution in [-0.4, -0.2) is 26.0 Å². The molecule has 0 heterocycles. The molecule has 0 aliphatic heterocycles. The van der Waals surface area contributed by atoms with Crippen LogP contribution in [0.1, 0.15) is 6.42 Å². The second-order valence-electron chi connectivity index (χ2n) is 4.63. The van der Waals surface area contributed by atoms with Crippen LogP contribution in [0.15, 0.2) is 53.4 Å². The van der Waals surface area contributed by atoms with Gasteiger partial charge in [-0.3, -0.25) is 9.10 Å². The van der Waals surface area contributed by atoms with Crippen LogP contribution in [0.3, 0.4) is 0 Å².